The summed E-state index contributed by atoms with van der Waals surface area (Å²) in [5, 5.41) is 2.40. The van der Waals surface area contributed by atoms with Crippen LogP contribution in [0.3, 0.4) is 0 Å². The van der Waals surface area contributed by atoms with Crippen molar-refractivity contribution >= 4 is 22.2 Å². The summed E-state index contributed by atoms with van der Waals surface area (Å²) in [5.41, 5.74) is 9.16. The standard InChI is InChI=1S/C20H19NO/c21-17-5-2-13-10-18-14(8-15(13)9-17)3-6-19(22)20(18)11-12-1-4-16(20)7-12/h1-2,4-5,8-10,12,16H,3,6-7,11,21H2. The molecule has 0 heterocycles. The van der Waals surface area contributed by atoms with Crippen molar-refractivity contribution in [3.05, 3.63) is 53.6 Å². The number of allylic oxidation sites excluding steroid dienone is 2. The molecule has 3 atom stereocenters. The summed E-state index contributed by atoms with van der Waals surface area (Å²) >= 11 is 0. The van der Waals surface area contributed by atoms with E-state index in [1.54, 1.807) is 0 Å². The number of ketones is 1. The lowest BCUT2D eigenvalue weighted by atomic mass is 9.62. The summed E-state index contributed by atoms with van der Waals surface area (Å²) in [6, 6.07) is 10.6. The van der Waals surface area contributed by atoms with Crippen LogP contribution in [0, 0.1) is 11.8 Å². The van der Waals surface area contributed by atoms with Crippen LogP contribution < -0.4 is 5.73 Å². The molecule has 0 amide bonds. The maximum atomic E-state index is 12.9. The molecule has 0 saturated heterocycles. The lowest BCUT2D eigenvalue weighted by molar-refractivity contribution is -0.126. The first kappa shape index (κ1) is 12.5. The number of carbonyl (C=O) groups is 1. The third kappa shape index (κ3) is 1.43. The van der Waals surface area contributed by atoms with E-state index in [2.05, 4.69) is 30.4 Å². The van der Waals surface area contributed by atoms with Gasteiger partial charge in [0, 0.05) is 12.1 Å². The van der Waals surface area contributed by atoms with E-state index in [4.69, 9.17) is 5.73 Å². The monoisotopic (exact) mass is 289 g/mol. The van der Waals surface area contributed by atoms with Gasteiger partial charge in [-0.2, -0.15) is 0 Å². The number of anilines is 1. The molecule has 2 aromatic rings. The normalized spacial score (nSPS) is 32.1. The molecule has 3 aliphatic carbocycles. The van der Waals surface area contributed by atoms with Gasteiger partial charge in [-0.05, 0) is 71.2 Å². The van der Waals surface area contributed by atoms with Gasteiger partial charge in [-0.3, -0.25) is 4.79 Å². The number of hydrogen-bond donors (Lipinski definition) is 1. The average Bonchev–Trinajstić information content (AvgIpc) is 3.11. The molecule has 2 N–H and O–H groups in total. The summed E-state index contributed by atoms with van der Waals surface area (Å²) in [7, 11) is 0. The minimum absolute atomic E-state index is 0.234. The number of nitrogen functional groups attached to an aromatic ring is 1. The van der Waals surface area contributed by atoms with Crippen molar-refractivity contribution in [1.82, 2.24) is 0 Å². The van der Waals surface area contributed by atoms with Crippen LogP contribution in [0.15, 0.2) is 42.5 Å². The summed E-state index contributed by atoms with van der Waals surface area (Å²) in [6.45, 7) is 0. The Morgan fingerprint density at radius 2 is 1.95 bits per heavy atom. The molecule has 1 saturated carbocycles. The van der Waals surface area contributed by atoms with Gasteiger partial charge in [0.1, 0.15) is 5.78 Å². The average molecular weight is 289 g/mol. The summed E-state index contributed by atoms with van der Waals surface area (Å²) in [5.74, 6) is 1.48. The molecule has 3 aliphatic rings. The predicted octanol–water partition coefficient (Wildman–Crippen LogP) is 3.77. The van der Waals surface area contributed by atoms with Crippen LogP contribution in [0.5, 0.6) is 0 Å². The van der Waals surface area contributed by atoms with Crippen molar-refractivity contribution in [2.75, 3.05) is 5.73 Å². The molecule has 5 rings (SSSR count). The van der Waals surface area contributed by atoms with Gasteiger partial charge in [0.15, 0.2) is 0 Å². The van der Waals surface area contributed by atoms with Gasteiger partial charge in [-0.1, -0.05) is 24.3 Å². The molecule has 1 fully saturated rings. The zero-order valence-corrected chi connectivity index (χ0v) is 12.5. The molecular weight excluding hydrogens is 270 g/mol. The van der Waals surface area contributed by atoms with Crippen molar-refractivity contribution < 1.29 is 4.79 Å². The highest BCUT2D eigenvalue weighted by molar-refractivity contribution is 5.97. The van der Waals surface area contributed by atoms with Crippen LogP contribution in [0.4, 0.5) is 5.69 Å². The van der Waals surface area contributed by atoms with Gasteiger partial charge in [-0.25, -0.2) is 0 Å². The first-order valence-electron chi connectivity index (χ1n) is 8.21. The van der Waals surface area contributed by atoms with E-state index < -0.39 is 0 Å². The molecule has 0 radical (unpaired) electrons. The molecular formula is C20H19NO. The SMILES string of the molecule is Nc1ccc2cc3c(cc2c1)CCC(=O)C31CC2C=CC1C2. The minimum atomic E-state index is -0.234. The van der Waals surface area contributed by atoms with E-state index in [9.17, 15) is 4.79 Å². The number of carbonyl (C=O) groups excluding carboxylic acids is 1. The van der Waals surface area contributed by atoms with E-state index in [0.29, 0.717) is 24.0 Å². The molecule has 2 nitrogen and oxygen atoms in total. The molecule has 2 aromatic carbocycles. The molecule has 22 heavy (non-hydrogen) atoms. The fourth-order valence-electron chi connectivity index (χ4n) is 5.09. The number of rotatable bonds is 0. The van der Waals surface area contributed by atoms with Crippen LogP contribution in [-0.2, 0) is 16.6 Å². The molecule has 110 valence electrons. The first-order valence-corrected chi connectivity index (χ1v) is 8.21. The molecule has 0 aliphatic heterocycles. The summed E-state index contributed by atoms with van der Waals surface area (Å²) in [4.78, 5) is 12.9. The van der Waals surface area contributed by atoms with Crippen LogP contribution in [-0.4, -0.2) is 5.78 Å². The topological polar surface area (TPSA) is 43.1 Å². The second-order valence-electron chi connectivity index (χ2n) is 7.20. The molecule has 2 bridgehead atoms. The minimum Gasteiger partial charge on any atom is -0.399 e. The smallest absolute Gasteiger partial charge is 0.144 e. The highest BCUT2D eigenvalue weighted by Gasteiger charge is 2.55. The summed E-state index contributed by atoms with van der Waals surface area (Å²) < 4.78 is 0. The third-order valence-electron chi connectivity index (χ3n) is 6.08. The maximum Gasteiger partial charge on any atom is 0.144 e. The zero-order valence-electron chi connectivity index (χ0n) is 12.5. The number of fused-ring (bicyclic) bond motifs is 6. The van der Waals surface area contributed by atoms with Crippen LogP contribution in [0.1, 0.15) is 30.4 Å². The Hall–Kier alpha value is -2.09. The zero-order chi connectivity index (χ0) is 14.9. The van der Waals surface area contributed by atoms with E-state index in [1.807, 2.05) is 12.1 Å². The number of benzene rings is 2. The molecule has 0 aromatic heterocycles. The van der Waals surface area contributed by atoms with E-state index in [-0.39, 0.29) is 5.41 Å². The van der Waals surface area contributed by atoms with Crippen LogP contribution in [0.25, 0.3) is 10.8 Å². The van der Waals surface area contributed by atoms with Crippen molar-refractivity contribution in [2.24, 2.45) is 11.8 Å². The number of hydrogen-bond acceptors (Lipinski definition) is 2. The predicted molar refractivity (Wildman–Crippen MR) is 88.7 cm³/mol. The Labute approximate surface area is 130 Å². The van der Waals surface area contributed by atoms with Crippen molar-refractivity contribution in [2.45, 2.75) is 31.1 Å². The fraction of sp³-hybridized carbons (Fsp3) is 0.350. The number of aryl methyl sites for hydroxylation is 1. The molecule has 3 unspecified atom stereocenters. The fourth-order valence-corrected chi connectivity index (χ4v) is 5.09. The highest BCUT2D eigenvalue weighted by Crippen LogP contribution is 2.57. The lowest BCUT2D eigenvalue weighted by Gasteiger charge is -2.39. The van der Waals surface area contributed by atoms with Crippen molar-refractivity contribution in [3.63, 3.8) is 0 Å². The number of Topliss-reactive ketones (excluding diaryl/α,β-unsaturated/α-hetero) is 1. The van der Waals surface area contributed by atoms with Gasteiger partial charge in [0.25, 0.3) is 0 Å². The van der Waals surface area contributed by atoms with Crippen molar-refractivity contribution in [1.29, 1.82) is 0 Å². The van der Waals surface area contributed by atoms with Gasteiger partial charge < -0.3 is 5.73 Å². The highest BCUT2D eigenvalue weighted by atomic mass is 16.1. The lowest BCUT2D eigenvalue weighted by Crippen LogP contribution is -2.43. The third-order valence-corrected chi connectivity index (χ3v) is 6.08. The van der Waals surface area contributed by atoms with E-state index in [0.717, 1.165) is 24.9 Å². The van der Waals surface area contributed by atoms with Gasteiger partial charge in [0.05, 0.1) is 5.41 Å². The maximum absolute atomic E-state index is 12.9. The van der Waals surface area contributed by atoms with E-state index in [1.165, 1.54) is 21.9 Å². The van der Waals surface area contributed by atoms with Gasteiger partial charge in [-0.15, -0.1) is 0 Å². The van der Waals surface area contributed by atoms with Crippen LogP contribution in [0.2, 0.25) is 0 Å². The molecule has 2 heteroatoms. The van der Waals surface area contributed by atoms with Crippen LogP contribution >= 0.6 is 0 Å². The Kier molecular flexibility index (Phi) is 2.27. The second-order valence-corrected chi connectivity index (χ2v) is 7.20. The Morgan fingerprint density at radius 1 is 1.05 bits per heavy atom. The quantitative estimate of drug-likeness (QED) is 0.592. The Bertz CT molecular complexity index is 850. The number of nitrogens with two attached hydrogens (primary N) is 1. The second kappa shape index (κ2) is 4.01. The van der Waals surface area contributed by atoms with Gasteiger partial charge in [0.2, 0.25) is 0 Å². The van der Waals surface area contributed by atoms with E-state index >= 15 is 0 Å². The molecule has 1 spiro atoms. The Balaban J connectivity index is 1.79. The summed E-state index contributed by atoms with van der Waals surface area (Å²) in [6.07, 6.45) is 8.36. The largest absolute Gasteiger partial charge is 0.399 e. The first-order chi connectivity index (χ1) is 10.7. The van der Waals surface area contributed by atoms with Crippen molar-refractivity contribution in [3.8, 4) is 0 Å². The van der Waals surface area contributed by atoms with Gasteiger partial charge >= 0.3 is 0 Å². The Morgan fingerprint density at radius 3 is 2.73 bits per heavy atom.